The van der Waals surface area contributed by atoms with Crippen molar-refractivity contribution in [2.24, 2.45) is 5.73 Å². The summed E-state index contributed by atoms with van der Waals surface area (Å²) in [7, 11) is 0. The Bertz CT molecular complexity index is 390. The Morgan fingerprint density at radius 2 is 2.17 bits per heavy atom. The minimum absolute atomic E-state index is 0.375. The normalized spacial score (nSPS) is 22.3. The van der Waals surface area contributed by atoms with Crippen LogP contribution in [-0.4, -0.2) is 17.3 Å². The summed E-state index contributed by atoms with van der Waals surface area (Å²) in [5.74, 6) is 0.482. The van der Waals surface area contributed by atoms with Crippen molar-refractivity contribution in [3.05, 3.63) is 35.4 Å². The van der Waals surface area contributed by atoms with Gasteiger partial charge in [0.1, 0.15) is 0 Å². The Balaban J connectivity index is 2.15. The van der Waals surface area contributed by atoms with Crippen molar-refractivity contribution in [3.63, 3.8) is 0 Å². The molecule has 1 aliphatic carbocycles. The molecule has 0 heterocycles. The van der Waals surface area contributed by atoms with Gasteiger partial charge in [0.05, 0.1) is 5.60 Å². The van der Waals surface area contributed by atoms with Crippen molar-refractivity contribution in [2.45, 2.75) is 57.0 Å². The van der Waals surface area contributed by atoms with Crippen LogP contribution >= 0.6 is 0 Å². The predicted octanol–water partition coefficient (Wildman–Crippen LogP) is 2.99. The first-order valence-electron chi connectivity index (χ1n) is 7.19. The molecule has 0 saturated heterocycles. The lowest BCUT2D eigenvalue weighted by Gasteiger charge is -2.34. The van der Waals surface area contributed by atoms with Crippen LogP contribution in [0.25, 0.3) is 0 Å². The van der Waals surface area contributed by atoms with E-state index in [4.69, 9.17) is 5.73 Å². The summed E-state index contributed by atoms with van der Waals surface area (Å²) in [5, 5.41) is 10.6. The number of aliphatic hydroxyl groups is 1. The fourth-order valence-electron chi connectivity index (χ4n) is 3.28. The molecule has 0 bridgehead atoms. The van der Waals surface area contributed by atoms with Gasteiger partial charge in [-0.3, -0.25) is 0 Å². The third kappa shape index (κ3) is 2.93. The van der Waals surface area contributed by atoms with Crippen LogP contribution in [0.15, 0.2) is 24.3 Å². The van der Waals surface area contributed by atoms with Crippen LogP contribution < -0.4 is 5.73 Å². The second-order valence-electron chi connectivity index (χ2n) is 5.67. The molecule has 18 heavy (non-hydrogen) atoms. The highest BCUT2D eigenvalue weighted by Crippen LogP contribution is 2.37. The summed E-state index contributed by atoms with van der Waals surface area (Å²) in [4.78, 5) is 0. The molecule has 0 aromatic heterocycles. The molecular weight excluding hydrogens is 222 g/mol. The Morgan fingerprint density at radius 1 is 1.39 bits per heavy atom. The van der Waals surface area contributed by atoms with Crippen LogP contribution in [-0.2, 0) is 6.42 Å². The predicted molar refractivity (Wildman–Crippen MR) is 75.7 cm³/mol. The molecule has 2 nitrogen and oxygen atoms in total. The highest BCUT2D eigenvalue weighted by molar-refractivity contribution is 5.32. The number of fused-ring (bicyclic) bond motifs is 1. The van der Waals surface area contributed by atoms with E-state index in [1.54, 1.807) is 0 Å². The summed E-state index contributed by atoms with van der Waals surface area (Å²) in [5.41, 5.74) is 8.00. The third-order valence-electron chi connectivity index (χ3n) is 4.22. The van der Waals surface area contributed by atoms with Gasteiger partial charge in [0.25, 0.3) is 0 Å². The van der Waals surface area contributed by atoms with Gasteiger partial charge in [0, 0.05) is 6.54 Å². The van der Waals surface area contributed by atoms with E-state index in [-0.39, 0.29) is 0 Å². The minimum Gasteiger partial charge on any atom is -0.389 e. The number of benzene rings is 1. The van der Waals surface area contributed by atoms with Crippen molar-refractivity contribution < 1.29 is 5.11 Å². The lowest BCUT2D eigenvalue weighted by Crippen LogP contribution is -2.39. The molecule has 1 aromatic carbocycles. The summed E-state index contributed by atoms with van der Waals surface area (Å²) >= 11 is 0. The number of hydrogen-bond acceptors (Lipinski definition) is 2. The highest BCUT2D eigenvalue weighted by atomic mass is 16.3. The maximum absolute atomic E-state index is 10.6. The largest absolute Gasteiger partial charge is 0.389 e. The van der Waals surface area contributed by atoms with Gasteiger partial charge in [-0.25, -0.2) is 0 Å². The molecule has 100 valence electrons. The smallest absolute Gasteiger partial charge is 0.0775 e. The van der Waals surface area contributed by atoms with E-state index in [9.17, 15) is 5.11 Å². The van der Waals surface area contributed by atoms with Crippen LogP contribution in [0.5, 0.6) is 0 Å². The highest BCUT2D eigenvalue weighted by Gasteiger charge is 2.31. The number of hydrogen-bond donors (Lipinski definition) is 2. The van der Waals surface area contributed by atoms with Gasteiger partial charge in [-0.2, -0.15) is 0 Å². The molecule has 0 amide bonds. The molecule has 2 heteroatoms. The van der Waals surface area contributed by atoms with E-state index in [1.807, 2.05) is 0 Å². The van der Waals surface area contributed by atoms with Crippen molar-refractivity contribution >= 4 is 0 Å². The summed E-state index contributed by atoms with van der Waals surface area (Å²) in [6.07, 6.45) is 6.21. The fraction of sp³-hybridized carbons (Fsp3) is 0.625. The van der Waals surface area contributed by atoms with E-state index >= 15 is 0 Å². The topological polar surface area (TPSA) is 46.2 Å². The lowest BCUT2D eigenvalue weighted by atomic mass is 9.76. The van der Waals surface area contributed by atoms with E-state index in [0.29, 0.717) is 12.5 Å². The van der Waals surface area contributed by atoms with Crippen LogP contribution in [0.4, 0.5) is 0 Å². The summed E-state index contributed by atoms with van der Waals surface area (Å²) in [6, 6.07) is 8.67. The molecule has 0 fully saturated rings. The van der Waals surface area contributed by atoms with E-state index in [0.717, 1.165) is 19.3 Å². The Hall–Kier alpha value is -0.860. The molecule has 1 aliphatic rings. The van der Waals surface area contributed by atoms with Crippen LogP contribution in [0.2, 0.25) is 0 Å². The number of rotatable bonds is 5. The molecule has 0 spiro atoms. The number of aryl methyl sites for hydroxylation is 1. The van der Waals surface area contributed by atoms with Crippen LogP contribution in [0, 0.1) is 0 Å². The first-order chi connectivity index (χ1) is 8.68. The van der Waals surface area contributed by atoms with Crippen molar-refractivity contribution in [1.82, 2.24) is 0 Å². The molecule has 0 radical (unpaired) electrons. The van der Waals surface area contributed by atoms with E-state index in [1.165, 1.54) is 30.4 Å². The molecule has 0 saturated carbocycles. The fourth-order valence-corrected chi connectivity index (χ4v) is 3.28. The zero-order valence-electron chi connectivity index (χ0n) is 11.4. The molecule has 0 aliphatic heterocycles. The van der Waals surface area contributed by atoms with Gasteiger partial charge in [0.2, 0.25) is 0 Å². The zero-order valence-corrected chi connectivity index (χ0v) is 11.4. The Kier molecular flexibility index (Phi) is 4.41. The Morgan fingerprint density at radius 3 is 2.89 bits per heavy atom. The molecule has 1 aromatic rings. The molecule has 2 atom stereocenters. The van der Waals surface area contributed by atoms with Gasteiger partial charge in [-0.05, 0) is 49.1 Å². The summed E-state index contributed by atoms with van der Waals surface area (Å²) < 4.78 is 0. The van der Waals surface area contributed by atoms with Gasteiger partial charge in [0.15, 0.2) is 0 Å². The first-order valence-corrected chi connectivity index (χ1v) is 7.19. The van der Waals surface area contributed by atoms with Crippen molar-refractivity contribution in [1.29, 1.82) is 0 Å². The second kappa shape index (κ2) is 5.85. The van der Waals surface area contributed by atoms with Gasteiger partial charge >= 0.3 is 0 Å². The standard InChI is InChI=1S/C16H25NO/c1-2-10-16(18,12-17)11-14-8-5-7-13-6-3-4-9-15(13)14/h3-4,6,9,14,18H,2,5,7-8,10-12,17H2,1H3. The molecular formula is C16H25NO. The van der Waals surface area contributed by atoms with Crippen LogP contribution in [0.3, 0.4) is 0 Å². The average molecular weight is 247 g/mol. The van der Waals surface area contributed by atoms with Gasteiger partial charge < -0.3 is 10.8 Å². The molecule has 2 rings (SSSR count). The maximum Gasteiger partial charge on any atom is 0.0775 e. The molecule has 3 N–H and O–H groups in total. The average Bonchev–Trinajstić information content (AvgIpc) is 2.39. The number of nitrogens with two attached hydrogens (primary N) is 1. The SMILES string of the molecule is CCCC(O)(CN)CC1CCCc2ccccc21. The second-order valence-corrected chi connectivity index (χ2v) is 5.67. The zero-order chi connectivity index (χ0) is 13.0. The van der Waals surface area contributed by atoms with E-state index < -0.39 is 5.60 Å². The third-order valence-corrected chi connectivity index (χ3v) is 4.22. The first kappa shape index (κ1) is 13.6. The van der Waals surface area contributed by atoms with Gasteiger partial charge in [-0.1, -0.05) is 37.6 Å². The quantitative estimate of drug-likeness (QED) is 0.840. The van der Waals surface area contributed by atoms with E-state index in [2.05, 4.69) is 31.2 Å². The maximum atomic E-state index is 10.6. The summed E-state index contributed by atoms with van der Waals surface area (Å²) in [6.45, 7) is 2.48. The van der Waals surface area contributed by atoms with Crippen molar-refractivity contribution in [3.8, 4) is 0 Å². The Labute approximate surface area is 110 Å². The van der Waals surface area contributed by atoms with Crippen LogP contribution in [0.1, 0.15) is 56.1 Å². The van der Waals surface area contributed by atoms with Crippen molar-refractivity contribution in [2.75, 3.05) is 6.54 Å². The molecule has 2 unspecified atom stereocenters. The minimum atomic E-state index is -0.677. The monoisotopic (exact) mass is 247 g/mol. The van der Waals surface area contributed by atoms with Gasteiger partial charge in [-0.15, -0.1) is 0 Å². The lowest BCUT2D eigenvalue weighted by molar-refractivity contribution is 0.0222.